The number of ether oxygens (including phenoxy) is 1. The lowest BCUT2D eigenvalue weighted by molar-refractivity contribution is -0.384. The molecule has 0 aliphatic rings. The average Bonchev–Trinajstić information content (AvgIpc) is 2.44. The number of carboxylic acids is 1. The highest BCUT2D eigenvalue weighted by Crippen LogP contribution is 2.36. The van der Waals surface area contributed by atoms with Crippen molar-refractivity contribution in [3.8, 4) is 0 Å². The number of nitro groups is 1. The number of rotatable bonds is 5. The number of benzene rings is 1. The second-order valence-electron chi connectivity index (χ2n) is 4.08. The Morgan fingerprint density at radius 3 is 2.22 bits per heavy atom. The van der Waals surface area contributed by atoms with Crippen molar-refractivity contribution in [2.45, 2.75) is 12.0 Å². The first kappa shape index (κ1) is 18.3. The zero-order chi connectivity index (χ0) is 18.0. The van der Waals surface area contributed by atoms with Gasteiger partial charge in [-0.15, -0.1) is 0 Å². The molecule has 0 saturated carbocycles. The SMILES string of the molecule is CO[C@@](F)(C(=O)Nc1cc(C(=O)O)cc([N+](=O)[O-])c1)C(F)(F)F. The molecule has 1 rings (SSSR count). The summed E-state index contributed by atoms with van der Waals surface area (Å²) in [6.07, 6.45) is -5.72. The monoisotopic (exact) mass is 340 g/mol. The van der Waals surface area contributed by atoms with E-state index in [1.54, 1.807) is 0 Å². The van der Waals surface area contributed by atoms with E-state index in [-0.39, 0.29) is 0 Å². The summed E-state index contributed by atoms with van der Waals surface area (Å²) in [7, 11) is 0.295. The van der Waals surface area contributed by atoms with Gasteiger partial charge in [-0.2, -0.15) is 17.6 Å². The van der Waals surface area contributed by atoms with Gasteiger partial charge in [0.25, 0.3) is 11.6 Å². The number of hydrogen-bond acceptors (Lipinski definition) is 5. The standard InChI is InChI=1S/C11H8F4N2O6/c1-23-10(12,11(13,14)15)9(20)16-6-2-5(8(18)19)3-7(4-6)17(21)22/h2-4H,1H3,(H,16,20)(H,18,19)/t10-/m0/s1. The molecule has 126 valence electrons. The lowest BCUT2D eigenvalue weighted by Gasteiger charge is -2.24. The smallest absolute Gasteiger partial charge is 0.458 e. The first-order valence-electron chi connectivity index (χ1n) is 5.57. The maximum atomic E-state index is 13.6. The van der Waals surface area contributed by atoms with Gasteiger partial charge in [-0.05, 0) is 6.07 Å². The number of methoxy groups -OCH3 is 1. The number of nitrogens with one attached hydrogen (secondary N) is 1. The number of carbonyl (C=O) groups is 2. The van der Waals surface area contributed by atoms with Gasteiger partial charge in [-0.1, -0.05) is 0 Å². The van der Waals surface area contributed by atoms with Crippen LogP contribution < -0.4 is 5.32 Å². The summed E-state index contributed by atoms with van der Waals surface area (Å²) in [6, 6.07) is 1.80. The van der Waals surface area contributed by atoms with Crippen molar-refractivity contribution in [3.05, 3.63) is 33.9 Å². The summed E-state index contributed by atoms with van der Waals surface area (Å²) in [4.78, 5) is 31.8. The summed E-state index contributed by atoms with van der Waals surface area (Å²) >= 11 is 0. The predicted octanol–water partition coefficient (Wildman–Crippen LogP) is 2.11. The minimum Gasteiger partial charge on any atom is -0.478 e. The zero-order valence-electron chi connectivity index (χ0n) is 11.2. The fourth-order valence-corrected chi connectivity index (χ4v) is 1.46. The van der Waals surface area contributed by atoms with Gasteiger partial charge in [-0.25, -0.2) is 4.79 Å². The van der Waals surface area contributed by atoms with Crippen LogP contribution in [0.25, 0.3) is 0 Å². The van der Waals surface area contributed by atoms with Crippen molar-refractivity contribution >= 4 is 23.3 Å². The molecule has 0 aromatic heterocycles. The van der Waals surface area contributed by atoms with Crippen LogP contribution >= 0.6 is 0 Å². The van der Waals surface area contributed by atoms with Gasteiger partial charge in [0.2, 0.25) is 0 Å². The number of nitrogens with zero attached hydrogens (tertiary/aromatic N) is 1. The molecule has 0 heterocycles. The molecule has 1 atom stereocenters. The maximum absolute atomic E-state index is 13.6. The number of nitro benzene ring substituents is 1. The molecule has 0 bridgehead atoms. The molecule has 0 spiro atoms. The highest BCUT2D eigenvalue weighted by atomic mass is 19.4. The van der Waals surface area contributed by atoms with Gasteiger partial charge in [0.05, 0.1) is 10.5 Å². The Kier molecular flexibility index (Phi) is 4.90. The Hall–Kier alpha value is -2.76. The Morgan fingerprint density at radius 2 is 1.83 bits per heavy atom. The van der Waals surface area contributed by atoms with E-state index < -0.39 is 45.8 Å². The van der Waals surface area contributed by atoms with E-state index in [1.807, 2.05) is 0 Å². The fraction of sp³-hybridized carbons (Fsp3) is 0.273. The van der Waals surface area contributed by atoms with E-state index in [2.05, 4.69) is 4.74 Å². The molecule has 1 aromatic rings. The van der Waals surface area contributed by atoms with Crippen molar-refractivity contribution < 1.29 is 41.9 Å². The zero-order valence-corrected chi connectivity index (χ0v) is 11.2. The van der Waals surface area contributed by atoms with E-state index in [1.165, 1.54) is 5.32 Å². The summed E-state index contributed by atoms with van der Waals surface area (Å²) in [5.74, 6) is -8.66. The van der Waals surface area contributed by atoms with Crippen molar-refractivity contribution in [2.75, 3.05) is 12.4 Å². The second-order valence-corrected chi connectivity index (χ2v) is 4.08. The number of alkyl halides is 4. The van der Waals surface area contributed by atoms with Gasteiger partial charge < -0.3 is 15.2 Å². The number of aromatic carboxylic acids is 1. The number of anilines is 1. The Labute approximate surface area is 124 Å². The topological polar surface area (TPSA) is 119 Å². The minimum absolute atomic E-state index is 0.295. The quantitative estimate of drug-likeness (QED) is 0.481. The molecule has 0 aliphatic heterocycles. The van der Waals surface area contributed by atoms with Crippen LogP contribution in [-0.2, 0) is 9.53 Å². The van der Waals surface area contributed by atoms with Crippen LogP contribution in [0.2, 0.25) is 0 Å². The molecule has 1 aromatic carbocycles. The number of non-ortho nitro benzene ring substituents is 1. The van der Waals surface area contributed by atoms with Crippen LogP contribution in [0.1, 0.15) is 10.4 Å². The molecule has 2 N–H and O–H groups in total. The van der Waals surface area contributed by atoms with Gasteiger partial charge in [0.15, 0.2) is 0 Å². The highest BCUT2D eigenvalue weighted by molar-refractivity contribution is 5.98. The van der Waals surface area contributed by atoms with E-state index in [0.29, 0.717) is 25.3 Å². The number of carboxylic acid groups (broad SMARTS) is 1. The van der Waals surface area contributed by atoms with Crippen molar-refractivity contribution in [1.82, 2.24) is 0 Å². The molecule has 23 heavy (non-hydrogen) atoms. The fourth-order valence-electron chi connectivity index (χ4n) is 1.46. The van der Waals surface area contributed by atoms with Gasteiger partial charge in [0.1, 0.15) is 0 Å². The minimum atomic E-state index is -5.72. The predicted molar refractivity (Wildman–Crippen MR) is 65.6 cm³/mol. The summed E-state index contributed by atoms with van der Waals surface area (Å²) < 4.78 is 54.7. The maximum Gasteiger partial charge on any atom is 0.458 e. The lowest BCUT2D eigenvalue weighted by atomic mass is 10.1. The van der Waals surface area contributed by atoms with E-state index in [4.69, 9.17) is 5.11 Å². The third kappa shape index (κ3) is 3.71. The molecular formula is C11H8F4N2O6. The molecule has 0 unspecified atom stereocenters. The highest BCUT2D eigenvalue weighted by Gasteiger charge is 2.63. The van der Waals surface area contributed by atoms with Crippen LogP contribution in [0.4, 0.5) is 28.9 Å². The Balaban J connectivity index is 3.25. The van der Waals surface area contributed by atoms with E-state index in [9.17, 15) is 37.3 Å². The van der Waals surface area contributed by atoms with Crippen molar-refractivity contribution in [2.24, 2.45) is 0 Å². The van der Waals surface area contributed by atoms with Crippen molar-refractivity contribution in [1.29, 1.82) is 0 Å². The van der Waals surface area contributed by atoms with Crippen LogP contribution in [0, 0.1) is 10.1 Å². The van der Waals surface area contributed by atoms with E-state index in [0.717, 1.165) is 0 Å². The number of amides is 1. The molecule has 12 heteroatoms. The summed E-state index contributed by atoms with van der Waals surface area (Å²) in [5, 5.41) is 20.8. The Bertz CT molecular complexity index is 630. The van der Waals surface area contributed by atoms with Crippen LogP contribution in [0.5, 0.6) is 0 Å². The van der Waals surface area contributed by atoms with Crippen LogP contribution in [0.15, 0.2) is 18.2 Å². The second kappa shape index (κ2) is 6.16. The van der Waals surface area contributed by atoms with Crippen LogP contribution in [0.3, 0.4) is 0 Å². The molecule has 0 saturated heterocycles. The third-order valence-corrected chi connectivity index (χ3v) is 2.57. The normalized spacial score (nSPS) is 14.0. The summed E-state index contributed by atoms with van der Waals surface area (Å²) in [6.45, 7) is 0. The molecule has 0 radical (unpaired) electrons. The first-order valence-corrected chi connectivity index (χ1v) is 5.57. The van der Waals surface area contributed by atoms with Gasteiger partial charge in [0, 0.05) is 24.9 Å². The molecule has 8 nitrogen and oxygen atoms in total. The Morgan fingerprint density at radius 1 is 1.26 bits per heavy atom. The largest absolute Gasteiger partial charge is 0.478 e. The number of carbonyl (C=O) groups excluding carboxylic acids is 1. The van der Waals surface area contributed by atoms with Crippen molar-refractivity contribution in [3.63, 3.8) is 0 Å². The molecular weight excluding hydrogens is 332 g/mol. The van der Waals surface area contributed by atoms with Gasteiger partial charge >= 0.3 is 18.0 Å². The number of hydrogen-bond donors (Lipinski definition) is 2. The average molecular weight is 340 g/mol. The third-order valence-electron chi connectivity index (χ3n) is 2.57. The molecule has 0 aliphatic carbocycles. The van der Waals surface area contributed by atoms with E-state index >= 15 is 0 Å². The molecule has 1 amide bonds. The molecule has 0 fully saturated rings. The number of halogens is 4. The van der Waals surface area contributed by atoms with Crippen LogP contribution in [-0.4, -0.2) is 41.0 Å². The summed E-state index contributed by atoms with van der Waals surface area (Å²) in [5.41, 5.74) is -2.23. The lowest BCUT2D eigenvalue weighted by Crippen LogP contribution is -2.52. The van der Waals surface area contributed by atoms with Gasteiger partial charge in [-0.3, -0.25) is 14.9 Å². The first-order chi connectivity index (χ1) is 10.4.